The maximum atomic E-state index is 3.93. The van der Waals surface area contributed by atoms with E-state index < -0.39 is 0 Å². The van der Waals surface area contributed by atoms with Crippen LogP contribution in [0.4, 0.5) is 5.69 Å². The monoisotopic (exact) mass is 145 g/mol. The van der Waals surface area contributed by atoms with Crippen LogP contribution in [0, 0.1) is 6.07 Å². The molecule has 1 radical (unpaired) electrons. The van der Waals surface area contributed by atoms with E-state index in [-0.39, 0.29) is 0 Å². The highest BCUT2D eigenvalue weighted by atomic mass is 15.1. The molecule has 0 aliphatic rings. The van der Waals surface area contributed by atoms with Crippen molar-refractivity contribution < 1.29 is 0 Å². The fourth-order valence-corrected chi connectivity index (χ4v) is 0.625. The van der Waals surface area contributed by atoms with Crippen LogP contribution in [0.25, 0.3) is 0 Å². The van der Waals surface area contributed by atoms with Crippen LogP contribution in [0.3, 0.4) is 0 Å². The van der Waals surface area contributed by atoms with E-state index in [1.807, 2.05) is 24.3 Å². The lowest BCUT2D eigenvalue weighted by Crippen LogP contribution is -1.66. The van der Waals surface area contributed by atoms with Crippen LogP contribution in [0.2, 0.25) is 0 Å². The number of hydrogen-bond acceptors (Lipinski definition) is 2. The number of rotatable bonds is 3. The molecule has 0 saturated heterocycles. The summed E-state index contributed by atoms with van der Waals surface area (Å²) in [5.41, 5.74) is 0.852. The van der Waals surface area contributed by atoms with Crippen LogP contribution < -0.4 is 0 Å². The Balaban J connectivity index is 2.57. The number of benzene rings is 1. The quantitative estimate of drug-likeness (QED) is 0.461. The molecule has 0 spiro atoms. The average molecular weight is 145 g/mol. The van der Waals surface area contributed by atoms with E-state index in [1.54, 1.807) is 6.08 Å². The molecule has 0 N–H and O–H groups in total. The number of nitrogens with zero attached hydrogens (tertiary/aromatic N) is 2. The van der Waals surface area contributed by atoms with Crippen molar-refractivity contribution in [2.45, 2.75) is 0 Å². The Labute approximate surface area is 66.3 Å². The maximum Gasteiger partial charge on any atom is 0.0853 e. The van der Waals surface area contributed by atoms with Crippen LogP contribution in [-0.2, 0) is 0 Å². The molecule has 0 unspecified atom stereocenters. The summed E-state index contributed by atoms with van der Waals surface area (Å²) in [5.74, 6) is 0. The Bertz CT molecular complexity index is 239. The summed E-state index contributed by atoms with van der Waals surface area (Å²) < 4.78 is 0. The minimum atomic E-state index is 0.568. The van der Waals surface area contributed by atoms with Crippen LogP contribution in [-0.4, -0.2) is 6.54 Å². The summed E-state index contributed by atoms with van der Waals surface area (Å²) >= 11 is 0. The predicted octanol–water partition coefficient (Wildman–Crippen LogP) is 2.76. The molecule has 0 fully saturated rings. The molecule has 11 heavy (non-hydrogen) atoms. The van der Waals surface area contributed by atoms with E-state index in [0.29, 0.717) is 6.54 Å². The van der Waals surface area contributed by atoms with Gasteiger partial charge in [0.25, 0.3) is 0 Å². The van der Waals surface area contributed by atoms with E-state index in [2.05, 4.69) is 22.9 Å². The highest BCUT2D eigenvalue weighted by Gasteiger charge is 1.82. The Morgan fingerprint density at radius 1 is 1.45 bits per heavy atom. The van der Waals surface area contributed by atoms with Gasteiger partial charge in [0.05, 0.1) is 12.2 Å². The summed E-state index contributed by atoms with van der Waals surface area (Å²) in [4.78, 5) is 0. The molecule has 2 nitrogen and oxygen atoms in total. The first kappa shape index (κ1) is 7.66. The second-order valence-corrected chi connectivity index (χ2v) is 1.97. The van der Waals surface area contributed by atoms with Crippen LogP contribution in [0.1, 0.15) is 0 Å². The summed E-state index contributed by atoms with van der Waals surface area (Å²) in [6.45, 7) is 4.10. The number of azo groups is 1. The lowest BCUT2D eigenvalue weighted by atomic mass is 10.3. The third-order valence-corrected chi connectivity index (χ3v) is 1.10. The SMILES string of the molecule is C=CCN=Nc1cc[c]cc1. The van der Waals surface area contributed by atoms with Gasteiger partial charge in [0.1, 0.15) is 0 Å². The normalized spacial score (nSPS) is 10.2. The first-order valence-corrected chi connectivity index (χ1v) is 3.38. The molecule has 2 heteroatoms. The first-order valence-electron chi connectivity index (χ1n) is 3.38. The maximum absolute atomic E-state index is 3.93. The van der Waals surface area contributed by atoms with E-state index in [9.17, 15) is 0 Å². The molecular weight excluding hydrogens is 136 g/mol. The zero-order valence-corrected chi connectivity index (χ0v) is 6.20. The molecule has 1 rings (SSSR count). The van der Waals surface area contributed by atoms with E-state index in [0.717, 1.165) is 5.69 Å². The van der Waals surface area contributed by atoms with E-state index >= 15 is 0 Å². The number of hydrogen-bond donors (Lipinski definition) is 0. The minimum absolute atomic E-state index is 0.568. The lowest BCUT2D eigenvalue weighted by molar-refractivity contribution is 1.07. The molecule has 0 aliphatic heterocycles. The van der Waals surface area contributed by atoms with Gasteiger partial charge in [-0.05, 0) is 18.2 Å². The zero-order chi connectivity index (χ0) is 7.94. The van der Waals surface area contributed by atoms with Crippen molar-refractivity contribution in [1.82, 2.24) is 0 Å². The average Bonchev–Trinajstić information content (AvgIpc) is 2.07. The van der Waals surface area contributed by atoms with Gasteiger partial charge >= 0.3 is 0 Å². The molecule has 1 aromatic rings. The van der Waals surface area contributed by atoms with Gasteiger partial charge in [-0.3, -0.25) is 0 Å². The second-order valence-electron chi connectivity index (χ2n) is 1.97. The van der Waals surface area contributed by atoms with E-state index in [1.165, 1.54) is 0 Å². The lowest BCUT2D eigenvalue weighted by Gasteiger charge is -1.87. The minimum Gasteiger partial charge on any atom is -0.185 e. The van der Waals surface area contributed by atoms with Crippen LogP contribution in [0.5, 0.6) is 0 Å². The molecule has 1 aromatic carbocycles. The molecule has 0 bridgehead atoms. The van der Waals surface area contributed by atoms with Crippen molar-refractivity contribution in [3.63, 3.8) is 0 Å². The Morgan fingerprint density at radius 2 is 2.18 bits per heavy atom. The van der Waals surface area contributed by atoms with Gasteiger partial charge in [-0.2, -0.15) is 10.2 Å². The van der Waals surface area contributed by atoms with Crippen molar-refractivity contribution in [3.05, 3.63) is 43.0 Å². The van der Waals surface area contributed by atoms with Crippen molar-refractivity contribution in [2.75, 3.05) is 6.54 Å². The fraction of sp³-hybridized carbons (Fsp3) is 0.111. The van der Waals surface area contributed by atoms with Gasteiger partial charge < -0.3 is 0 Å². The van der Waals surface area contributed by atoms with Gasteiger partial charge in [-0.1, -0.05) is 18.2 Å². The van der Waals surface area contributed by atoms with Crippen LogP contribution >= 0.6 is 0 Å². The Kier molecular flexibility index (Phi) is 3.06. The topological polar surface area (TPSA) is 24.7 Å². The highest BCUT2D eigenvalue weighted by molar-refractivity contribution is 5.34. The Hall–Kier alpha value is -1.44. The van der Waals surface area contributed by atoms with Gasteiger partial charge in [0.2, 0.25) is 0 Å². The van der Waals surface area contributed by atoms with E-state index in [4.69, 9.17) is 0 Å². The summed E-state index contributed by atoms with van der Waals surface area (Å²) in [5, 5.41) is 7.78. The largest absolute Gasteiger partial charge is 0.185 e. The van der Waals surface area contributed by atoms with Gasteiger partial charge in [0, 0.05) is 0 Å². The highest BCUT2D eigenvalue weighted by Crippen LogP contribution is 2.09. The zero-order valence-electron chi connectivity index (χ0n) is 6.20. The van der Waals surface area contributed by atoms with Crippen LogP contribution in [0.15, 0.2) is 47.1 Å². The van der Waals surface area contributed by atoms with Gasteiger partial charge in [0.15, 0.2) is 0 Å². The third-order valence-electron chi connectivity index (χ3n) is 1.10. The summed E-state index contributed by atoms with van der Waals surface area (Å²) in [6, 6.07) is 10.2. The molecular formula is C9H9N2. The Morgan fingerprint density at radius 3 is 2.82 bits per heavy atom. The molecule has 0 aliphatic carbocycles. The molecule has 0 aromatic heterocycles. The van der Waals surface area contributed by atoms with Gasteiger partial charge in [-0.15, -0.1) is 6.58 Å². The first-order chi connectivity index (χ1) is 5.43. The van der Waals surface area contributed by atoms with Crippen molar-refractivity contribution in [1.29, 1.82) is 0 Å². The molecule has 55 valence electrons. The molecule has 0 amide bonds. The second kappa shape index (κ2) is 4.39. The molecule has 0 saturated carbocycles. The van der Waals surface area contributed by atoms with Gasteiger partial charge in [-0.25, -0.2) is 0 Å². The summed E-state index contributed by atoms with van der Waals surface area (Å²) in [7, 11) is 0. The van der Waals surface area contributed by atoms with Crippen molar-refractivity contribution in [2.24, 2.45) is 10.2 Å². The van der Waals surface area contributed by atoms with Crippen molar-refractivity contribution in [3.8, 4) is 0 Å². The van der Waals surface area contributed by atoms with Crippen molar-refractivity contribution >= 4 is 5.69 Å². The third kappa shape index (κ3) is 2.76. The fourth-order valence-electron chi connectivity index (χ4n) is 0.625. The standard InChI is InChI=1S/C9H9N2/c1-2-8-10-11-9-6-4-3-5-7-9/h2,4-7H,1,8H2. The smallest absolute Gasteiger partial charge is 0.0853 e. The predicted molar refractivity (Wildman–Crippen MR) is 44.9 cm³/mol. The molecule has 0 heterocycles. The summed E-state index contributed by atoms with van der Waals surface area (Å²) in [6.07, 6.45) is 1.71. The molecule has 0 atom stereocenters.